The fraction of sp³-hybridized carbons (Fsp3) is 0.0833. The van der Waals surface area contributed by atoms with Gasteiger partial charge in [0.2, 0.25) is 0 Å². The molecule has 6 heteroatoms. The van der Waals surface area contributed by atoms with Crippen molar-refractivity contribution >= 4 is 23.8 Å². The van der Waals surface area contributed by atoms with Crippen LogP contribution in [-0.2, 0) is 9.53 Å². The van der Waals surface area contributed by atoms with Gasteiger partial charge in [0.25, 0.3) is 0 Å². The van der Waals surface area contributed by atoms with Crippen molar-refractivity contribution in [3.05, 3.63) is 39.9 Å². The van der Waals surface area contributed by atoms with Gasteiger partial charge in [-0.2, -0.15) is 0 Å². The number of rotatable bonds is 1. The van der Waals surface area contributed by atoms with E-state index in [9.17, 15) is 9.59 Å². The van der Waals surface area contributed by atoms with Crippen molar-refractivity contribution in [3.8, 4) is 0 Å². The fourth-order valence-corrected chi connectivity index (χ4v) is 1.73. The number of hydrogen-bond acceptors (Lipinski definition) is 5. The van der Waals surface area contributed by atoms with Crippen molar-refractivity contribution in [1.82, 2.24) is 5.32 Å². The molecule has 0 spiro atoms. The summed E-state index contributed by atoms with van der Waals surface area (Å²) in [6.07, 6.45) is 1.57. The molecule has 0 saturated heterocycles. The standard InChI is InChI=1S/C12H10N2O3.H2O/c1-17-12(16)9-4-2-3-7-5-8(6-15)14-11(13)10(7)9;/h2-5,14H,13H2,1H3;1H2. The third-order valence-corrected chi connectivity index (χ3v) is 2.45. The quantitative estimate of drug-likeness (QED) is 0.431. The molecule has 1 aliphatic rings. The van der Waals surface area contributed by atoms with Crippen molar-refractivity contribution in [2.75, 3.05) is 7.11 Å². The summed E-state index contributed by atoms with van der Waals surface area (Å²) in [5, 5.41) is 3.89. The molecular formula is C12H12N2O4. The molecule has 0 atom stereocenters. The highest BCUT2D eigenvalue weighted by atomic mass is 16.5. The largest absolute Gasteiger partial charge is 0.465 e. The first-order valence-corrected chi connectivity index (χ1v) is 4.88. The van der Waals surface area contributed by atoms with Gasteiger partial charge in [-0.3, -0.25) is 0 Å². The zero-order chi connectivity index (χ0) is 12.4. The van der Waals surface area contributed by atoms with E-state index < -0.39 is 5.97 Å². The van der Waals surface area contributed by atoms with Crippen LogP contribution < -0.4 is 21.5 Å². The van der Waals surface area contributed by atoms with Crippen LogP contribution >= 0.6 is 0 Å². The Labute approximate surface area is 102 Å². The molecule has 0 amide bonds. The van der Waals surface area contributed by atoms with Crippen LogP contribution in [0.25, 0.3) is 11.9 Å². The van der Waals surface area contributed by atoms with Crippen LogP contribution in [0.5, 0.6) is 0 Å². The number of nitrogens with two attached hydrogens (primary N) is 1. The molecule has 0 saturated carbocycles. The summed E-state index contributed by atoms with van der Waals surface area (Å²) >= 11 is 0. The van der Waals surface area contributed by atoms with Gasteiger partial charge in [-0.15, -0.1) is 0 Å². The van der Waals surface area contributed by atoms with Gasteiger partial charge in [0.15, 0.2) is 5.94 Å². The first-order chi connectivity index (χ1) is 8.17. The molecular weight excluding hydrogens is 236 g/mol. The minimum atomic E-state index is -0.474. The zero-order valence-electron chi connectivity index (χ0n) is 9.61. The predicted molar refractivity (Wildman–Crippen MR) is 65.0 cm³/mol. The second-order valence-corrected chi connectivity index (χ2v) is 3.46. The normalized spacial score (nSPS) is 12.3. The highest BCUT2D eigenvalue weighted by Gasteiger charge is 2.13. The number of methoxy groups -OCH3 is 1. The Kier molecular flexibility index (Phi) is 3.89. The molecule has 0 aromatic heterocycles. The Bertz CT molecular complexity index is 657. The Morgan fingerprint density at radius 2 is 2.17 bits per heavy atom. The van der Waals surface area contributed by atoms with Crippen molar-refractivity contribution in [2.45, 2.75) is 0 Å². The first-order valence-electron chi connectivity index (χ1n) is 4.88. The summed E-state index contributed by atoms with van der Waals surface area (Å²) in [5.74, 6) is 1.49. The van der Waals surface area contributed by atoms with E-state index in [2.05, 4.69) is 10.1 Å². The molecule has 1 aromatic rings. The second kappa shape index (κ2) is 5.18. The smallest absolute Gasteiger partial charge is 0.338 e. The molecule has 0 radical (unpaired) electrons. The van der Waals surface area contributed by atoms with Crippen LogP contribution in [0.3, 0.4) is 0 Å². The Morgan fingerprint density at radius 1 is 1.44 bits per heavy atom. The van der Waals surface area contributed by atoms with Crippen LogP contribution in [0.1, 0.15) is 10.4 Å². The number of carbonyl (C=O) groups excluding carboxylic acids is 2. The third kappa shape index (κ3) is 2.10. The van der Waals surface area contributed by atoms with Gasteiger partial charge >= 0.3 is 5.97 Å². The van der Waals surface area contributed by atoms with Gasteiger partial charge < -0.3 is 21.3 Å². The molecule has 1 heterocycles. The molecule has 94 valence electrons. The zero-order valence-corrected chi connectivity index (χ0v) is 9.61. The predicted octanol–water partition coefficient (Wildman–Crippen LogP) is -2.23. The van der Waals surface area contributed by atoms with Gasteiger partial charge in [-0.05, 0) is 17.4 Å². The number of fused-ring (bicyclic) bond motifs is 1. The van der Waals surface area contributed by atoms with Crippen LogP contribution in [0, 0.1) is 0 Å². The van der Waals surface area contributed by atoms with Crippen LogP contribution in [0.4, 0.5) is 0 Å². The molecule has 18 heavy (non-hydrogen) atoms. The first kappa shape index (κ1) is 13.5. The van der Waals surface area contributed by atoms with Gasteiger partial charge in [-0.1, -0.05) is 12.1 Å². The fourth-order valence-electron chi connectivity index (χ4n) is 1.73. The summed E-state index contributed by atoms with van der Waals surface area (Å²) < 4.78 is 4.67. The molecule has 0 aliphatic carbocycles. The number of carbonyl (C=O) groups is 1. The molecule has 1 aliphatic heterocycles. The number of benzene rings is 1. The van der Waals surface area contributed by atoms with E-state index in [4.69, 9.17) is 5.73 Å². The van der Waals surface area contributed by atoms with Crippen molar-refractivity contribution in [3.63, 3.8) is 0 Å². The van der Waals surface area contributed by atoms with E-state index in [1.54, 1.807) is 30.2 Å². The van der Waals surface area contributed by atoms with Crippen LogP contribution in [0.2, 0.25) is 0 Å². The highest BCUT2D eigenvalue weighted by molar-refractivity contribution is 5.91. The monoisotopic (exact) mass is 248 g/mol. The lowest BCUT2D eigenvalue weighted by Crippen LogP contribution is -2.43. The average Bonchev–Trinajstić information content (AvgIpc) is 2.36. The maximum Gasteiger partial charge on any atom is 0.338 e. The number of esters is 1. The second-order valence-electron chi connectivity index (χ2n) is 3.46. The molecule has 6 nitrogen and oxygen atoms in total. The number of hydrogen-bond donors (Lipinski definition) is 2. The maximum atomic E-state index is 11.6. The summed E-state index contributed by atoms with van der Waals surface area (Å²) in [6, 6.07) is 5.07. The molecule has 0 fully saturated rings. The topological polar surface area (TPSA) is 113 Å². The minimum absolute atomic E-state index is 0. The van der Waals surface area contributed by atoms with Crippen molar-refractivity contribution in [1.29, 1.82) is 0 Å². The Morgan fingerprint density at radius 3 is 2.78 bits per heavy atom. The van der Waals surface area contributed by atoms with E-state index in [0.717, 1.165) is 0 Å². The number of allylic oxidation sites excluding steroid dienone is 1. The van der Waals surface area contributed by atoms with Crippen molar-refractivity contribution < 1.29 is 19.8 Å². The summed E-state index contributed by atoms with van der Waals surface area (Å²) in [5.41, 5.74) is 6.37. The lowest BCUT2D eigenvalue weighted by Gasteiger charge is -2.12. The molecule has 1 aromatic carbocycles. The van der Waals surface area contributed by atoms with Gasteiger partial charge in [-0.25, -0.2) is 9.59 Å². The van der Waals surface area contributed by atoms with Gasteiger partial charge in [0.05, 0.1) is 12.7 Å². The Balaban J connectivity index is 0.00000162. The SMILES string of the molecule is COC(=O)c1cccc2c1=C(N)NC(=C=O)C=2.O. The van der Waals surface area contributed by atoms with Crippen LogP contribution in [-0.4, -0.2) is 24.5 Å². The average molecular weight is 248 g/mol. The summed E-state index contributed by atoms with van der Waals surface area (Å²) in [4.78, 5) is 22.1. The highest BCUT2D eigenvalue weighted by Crippen LogP contribution is 1.97. The molecule has 0 unspecified atom stereocenters. The number of nitrogens with one attached hydrogen (secondary N) is 1. The lowest BCUT2D eigenvalue weighted by atomic mass is 10.1. The van der Waals surface area contributed by atoms with E-state index in [1.165, 1.54) is 7.11 Å². The van der Waals surface area contributed by atoms with E-state index in [1.807, 2.05) is 0 Å². The molecule has 2 rings (SSSR count). The van der Waals surface area contributed by atoms with E-state index in [-0.39, 0.29) is 17.0 Å². The van der Waals surface area contributed by atoms with E-state index in [0.29, 0.717) is 16.0 Å². The molecule has 5 N–H and O–H groups in total. The minimum Gasteiger partial charge on any atom is -0.465 e. The van der Waals surface area contributed by atoms with E-state index >= 15 is 0 Å². The third-order valence-electron chi connectivity index (χ3n) is 2.45. The lowest BCUT2D eigenvalue weighted by molar-refractivity contribution is 0.0599. The summed E-state index contributed by atoms with van der Waals surface area (Å²) in [7, 11) is 1.30. The molecule has 0 bridgehead atoms. The van der Waals surface area contributed by atoms with Crippen molar-refractivity contribution in [2.24, 2.45) is 5.73 Å². The maximum absolute atomic E-state index is 11.6. The van der Waals surface area contributed by atoms with Crippen LogP contribution in [0.15, 0.2) is 23.9 Å². The van der Waals surface area contributed by atoms with Gasteiger partial charge in [0, 0.05) is 5.22 Å². The Hall–Kier alpha value is -2.56. The summed E-state index contributed by atoms with van der Waals surface area (Å²) in [6.45, 7) is 0. The number of ether oxygens (including phenoxy) is 1. The van der Waals surface area contributed by atoms with Gasteiger partial charge in [0.1, 0.15) is 11.5 Å².